The van der Waals surface area contributed by atoms with Gasteiger partial charge in [-0.25, -0.2) is 4.98 Å². The number of aromatic nitrogens is 2. The number of hydrogen-bond donors (Lipinski definition) is 0. The van der Waals surface area contributed by atoms with Crippen LogP contribution in [0.3, 0.4) is 0 Å². The van der Waals surface area contributed by atoms with Crippen molar-refractivity contribution in [2.75, 3.05) is 4.90 Å². The highest BCUT2D eigenvalue weighted by Crippen LogP contribution is 2.33. The third kappa shape index (κ3) is 4.18. The van der Waals surface area contributed by atoms with Gasteiger partial charge in [0.15, 0.2) is 5.13 Å². The first-order chi connectivity index (χ1) is 14.0. The van der Waals surface area contributed by atoms with Crippen LogP contribution in [-0.2, 0) is 10.5 Å². The van der Waals surface area contributed by atoms with Gasteiger partial charge in [0.05, 0.1) is 16.9 Å². The number of thioether (sulfide) groups is 1. The zero-order valence-electron chi connectivity index (χ0n) is 16.5. The molecule has 0 bridgehead atoms. The van der Waals surface area contributed by atoms with Gasteiger partial charge in [-0.2, -0.15) is 0 Å². The quantitative estimate of drug-likeness (QED) is 0.357. The molecular formula is C23H21N3OS2. The fraction of sp³-hybridized carbons (Fsp3) is 0.174. The Morgan fingerprint density at radius 2 is 1.93 bits per heavy atom. The zero-order chi connectivity index (χ0) is 20.4. The van der Waals surface area contributed by atoms with Gasteiger partial charge in [-0.15, -0.1) is 23.1 Å². The van der Waals surface area contributed by atoms with E-state index in [1.165, 1.54) is 21.8 Å². The van der Waals surface area contributed by atoms with Crippen LogP contribution in [0.4, 0.5) is 10.8 Å². The summed E-state index contributed by atoms with van der Waals surface area (Å²) in [6.07, 6.45) is 1.84. The minimum Gasteiger partial charge on any atom is -0.274 e. The molecule has 0 saturated carbocycles. The number of rotatable bonds is 5. The Balaban J connectivity index is 1.56. The Hall–Kier alpha value is -2.70. The summed E-state index contributed by atoms with van der Waals surface area (Å²) >= 11 is 3.24. The number of anilines is 2. The molecular weight excluding hydrogens is 398 g/mol. The second-order valence-corrected chi connectivity index (χ2v) is 8.71. The highest BCUT2D eigenvalue weighted by Gasteiger charge is 2.18. The molecule has 0 fully saturated rings. The summed E-state index contributed by atoms with van der Waals surface area (Å²) in [5, 5.41) is 3.88. The monoisotopic (exact) mass is 419 g/mol. The van der Waals surface area contributed by atoms with Crippen molar-refractivity contribution in [3.05, 3.63) is 76.9 Å². The largest absolute Gasteiger partial charge is 0.274 e. The molecule has 2 heterocycles. The fourth-order valence-corrected chi connectivity index (χ4v) is 5.03. The van der Waals surface area contributed by atoms with Crippen LogP contribution in [0.1, 0.15) is 23.7 Å². The van der Waals surface area contributed by atoms with E-state index in [0.29, 0.717) is 5.13 Å². The van der Waals surface area contributed by atoms with Crippen LogP contribution in [0.5, 0.6) is 0 Å². The van der Waals surface area contributed by atoms with Crippen molar-refractivity contribution < 1.29 is 4.79 Å². The maximum absolute atomic E-state index is 12.4. The predicted molar refractivity (Wildman–Crippen MR) is 122 cm³/mol. The molecule has 0 spiro atoms. The number of thiazole rings is 1. The van der Waals surface area contributed by atoms with Crippen molar-refractivity contribution in [2.24, 2.45) is 0 Å². The summed E-state index contributed by atoms with van der Waals surface area (Å²) in [4.78, 5) is 24.4. The second-order valence-electron chi connectivity index (χ2n) is 6.86. The zero-order valence-corrected chi connectivity index (χ0v) is 18.2. The highest BCUT2D eigenvalue weighted by molar-refractivity contribution is 7.98. The summed E-state index contributed by atoms with van der Waals surface area (Å²) < 4.78 is 0. The van der Waals surface area contributed by atoms with E-state index in [9.17, 15) is 4.79 Å². The fourth-order valence-electron chi connectivity index (χ4n) is 3.10. The van der Waals surface area contributed by atoms with E-state index < -0.39 is 0 Å². The standard InChI is InChI=1S/C23H21N3OS2/c1-15-8-9-19(12-16(15)2)26(17(3)27)23-25-18(14-29-23)13-28-22-10-11-24-21-7-5-4-6-20(21)22/h4-12,14H,13H2,1-3H3. The SMILES string of the molecule is CC(=O)N(c1ccc(C)c(C)c1)c1nc(CSc2ccnc3ccccc23)cs1. The molecule has 1 amide bonds. The van der Waals surface area contributed by atoms with Gasteiger partial charge in [0.1, 0.15) is 0 Å². The predicted octanol–water partition coefficient (Wildman–Crippen LogP) is 6.29. The molecule has 0 saturated heterocycles. The van der Waals surface area contributed by atoms with Crippen molar-refractivity contribution in [2.45, 2.75) is 31.4 Å². The molecule has 2 aromatic heterocycles. The van der Waals surface area contributed by atoms with Crippen molar-refractivity contribution in [1.82, 2.24) is 9.97 Å². The van der Waals surface area contributed by atoms with Crippen molar-refractivity contribution in [3.8, 4) is 0 Å². The normalized spacial score (nSPS) is 11.0. The molecule has 0 aliphatic carbocycles. The first-order valence-electron chi connectivity index (χ1n) is 9.32. The number of aryl methyl sites for hydroxylation is 2. The molecule has 4 nitrogen and oxygen atoms in total. The van der Waals surface area contributed by atoms with Crippen LogP contribution in [-0.4, -0.2) is 15.9 Å². The molecule has 4 rings (SSSR count). The summed E-state index contributed by atoms with van der Waals surface area (Å²) in [6.45, 7) is 5.70. The lowest BCUT2D eigenvalue weighted by atomic mass is 10.1. The molecule has 4 aromatic rings. The Kier molecular flexibility index (Phi) is 5.65. The lowest BCUT2D eigenvalue weighted by Gasteiger charge is -2.19. The molecule has 0 aliphatic heterocycles. The molecule has 0 atom stereocenters. The van der Waals surface area contributed by atoms with Crippen molar-refractivity contribution >= 4 is 50.7 Å². The average molecular weight is 420 g/mol. The molecule has 0 aliphatic rings. The molecule has 0 radical (unpaired) electrons. The van der Waals surface area contributed by atoms with E-state index in [4.69, 9.17) is 4.98 Å². The van der Waals surface area contributed by atoms with Crippen LogP contribution >= 0.6 is 23.1 Å². The number of fused-ring (bicyclic) bond motifs is 1. The summed E-state index contributed by atoms with van der Waals surface area (Å²) in [5.74, 6) is 0.699. The number of carbonyl (C=O) groups excluding carboxylic acids is 1. The number of nitrogens with zero attached hydrogens (tertiary/aromatic N) is 3. The Morgan fingerprint density at radius 3 is 2.72 bits per heavy atom. The summed E-state index contributed by atoms with van der Waals surface area (Å²) in [6, 6.07) is 16.2. The number of benzene rings is 2. The minimum absolute atomic E-state index is 0.0399. The first kappa shape index (κ1) is 19.6. The van der Waals surface area contributed by atoms with E-state index in [2.05, 4.69) is 24.9 Å². The van der Waals surface area contributed by atoms with Crippen molar-refractivity contribution in [1.29, 1.82) is 0 Å². The highest BCUT2D eigenvalue weighted by atomic mass is 32.2. The van der Waals surface area contributed by atoms with E-state index in [-0.39, 0.29) is 5.91 Å². The van der Waals surface area contributed by atoms with Crippen LogP contribution in [0.25, 0.3) is 10.9 Å². The van der Waals surface area contributed by atoms with Crippen LogP contribution in [0, 0.1) is 13.8 Å². The van der Waals surface area contributed by atoms with Crippen LogP contribution < -0.4 is 4.90 Å². The molecule has 2 aromatic carbocycles. The maximum atomic E-state index is 12.4. The smallest absolute Gasteiger partial charge is 0.230 e. The Morgan fingerprint density at radius 1 is 1.10 bits per heavy atom. The minimum atomic E-state index is -0.0399. The van der Waals surface area contributed by atoms with Gasteiger partial charge in [-0.3, -0.25) is 14.7 Å². The number of pyridine rings is 1. The van der Waals surface area contributed by atoms with E-state index >= 15 is 0 Å². The third-order valence-corrected chi connectivity index (χ3v) is 6.76. The van der Waals surface area contributed by atoms with Gasteiger partial charge in [-0.1, -0.05) is 24.3 Å². The second kappa shape index (κ2) is 8.35. The number of hydrogen-bond acceptors (Lipinski definition) is 5. The van der Waals surface area contributed by atoms with Crippen molar-refractivity contribution in [3.63, 3.8) is 0 Å². The van der Waals surface area contributed by atoms with Crippen LogP contribution in [0.2, 0.25) is 0 Å². The van der Waals surface area contributed by atoms with Gasteiger partial charge in [0.25, 0.3) is 0 Å². The lowest BCUT2D eigenvalue weighted by Crippen LogP contribution is -2.22. The van der Waals surface area contributed by atoms with Gasteiger partial charge in [0, 0.05) is 34.5 Å². The van der Waals surface area contributed by atoms with Crippen LogP contribution in [0.15, 0.2) is 65.0 Å². The molecule has 146 valence electrons. The molecule has 0 unspecified atom stereocenters. The Bertz CT molecular complexity index is 1180. The average Bonchev–Trinajstić information content (AvgIpc) is 3.17. The maximum Gasteiger partial charge on any atom is 0.230 e. The number of amides is 1. The third-order valence-electron chi connectivity index (χ3n) is 4.78. The van der Waals surface area contributed by atoms with Gasteiger partial charge in [-0.05, 0) is 49.2 Å². The molecule has 29 heavy (non-hydrogen) atoms. The van der Waals surface area contributed by atoms with Gasteiger partial charge in [0.2, 0.25) is 5.91 Å². The first-order valence-corrected chi connectivity index (χ1v) is 11.2. The van der Waals surface area contributed by atoms with Gasteiger partial charge < -0.3 is 0 Å². The number of carbonyl (C=O) groups is 1. The summed E-state index contributed by atoms with van der Waals surface area (Å²) in [7, 11) is 0. The molecule has 0 N–H and O–H groups in total. The lowest BCUT2D eigenvalue weighted by molar-refractivity contribution is -0.115. The summed E-state index contributed by atoms with van der Waals surface area (Å²) in [5.41, 5.74) is 5.18. The van der Waals surface area contributed by atoms with E-state index in [1.807, 2.05) is 54.0 Å². The van der Waals surface area contributed by atoms with E-state index in [1.54, 1.807) is 23.6 Å². The topological polar surface area (TPSA) is 46.1 Å². The number of para-hydroxylation sites is 1. The van der Waals surface area contributed by atoms with Gasteiger partial charge >= 0.3 is 0 Å². The van der Waals surface area contributed by atoms with E-state index in [0.717, 1.165) is 33.6 Å². The Labute approximate surface area is 178 Å². The molecule has 6 heteroatoms.